The first-order chi connectivity index (χ1) is 9.58. The Morgan fingerprint density at radius 2 is 2.25 bits per heavy atom. The highest BCUT2D eigenvalue weighted by Crippen LogP contribution is 2.40. The van der Waals surface area contributed by atoms with Crippen LogP contribution in [0.15, 0.2) is 24.4 Å². The number of fused-ring (bicyclic) bond motifs is 1. The summed E-state index contributed by atoms with van der Waals surface area (Å²) >= 11 is 0. The standard InChI is InChI=1S/C15H18FN3O/c1-3-13-11(8-19(2)18-13)15-7-12(17)10-5-4-9(16)6-14(10)20-15/h4-6,8,12,15H,3,7,17H2,1-2H3/t12-,15?/m1/s1. The summed E-state index contributed by atoms with van der Waals surface area (Å²) < 4.78 is 21.1. The second-order valence-corrected chi connectivity index (χ2v) is 5.19. The minimum atomic E-state index is -0.307. The van der Waals surface area contributed by atoms with E-state index in [1.54, 1.807) is 10.7 Å². The van der Waals surface area contributed by atoms with E-state index in [2.05, 4.69) is 12.0 Å². The molecule has 2 N–H and O–H groups in total. The fourth-order valence-electron chi connectivity index (χ4n) is 2.76. The molecule has 1 unspecified atom stereocenters. The summed E-state index contributed by atoms with van der Waals surface area (Å²) in [4.78, 5) is 0. The molecule has 5 heteroatoms. The summed E-state index contributed by atoms with van der Waals surface area (Å²) in [5.74, 6) is 0.234. The number of aryl methyl sites for hydroxylation is 2. The second kappa shape index (κ2) is 4.90. The number of benzene rings is 1. The molecule has 2 atom stereocenters. The average Bonchev–Trinajstić information content (AvgIpc) is 2.79. The summed E-state index contributed by atoms with van der Waals surface area (Å²) in [7, 11) is 1.89. The number of hydrogen-bond acceptors (Lipinski definition) is 3. The quantitative estimate of drug-likeness (QED) is 0.916. The van der Waals surface area contributed by atoms with Gasteiger partial charge < -0.3 is 10.5 Å². The van der Waals surface area contributed by atoms with Gasteiger partial charge in [-0.1, -0.05) is 13.0 Å². The molecule has 0 amide bonds. The molecule has 0 saturated carbocycles. The molecule has 1 aromatic heterocycles. The van der Waals surface area contributed by atoms with Crippen molar-refractivity contribution in [1.29, 1.82) is 0 Å². The van der Waals surface area contributed by atoms with Crippen LogP contribution in [-0.4, -0.2) is 9.78 Å². The van der Waals surface area contributed by atoms with Crippen molar-refractivity contribution >= 4 is 0 Å². The molecule has 106 valence electrons. The van der Waals surface area contributed by atoms with Crippen LogP contribution < -0.4 is 10.5 Å². The zero-order chi connectivity index (χ0) is 14.3. The number of halogens is 1. The van der Waals surface area contributed by atoms with Crippen molar-refractivity contribution in [3.8, 4) is 5.75 Å². The van der Waals surface area contributed by atoms with Gasteiger partial charge in [0.05, 0.1) is 5.69 Å². The van der Waals surface area contributed by atoms with E-state index in [0.29, 0.717) is 12.2 Å². The fraction of sp³-hybridized carbons (Fsp3) is 0.400. The topological polar surface area (TPSA) is 53.1 Å². The van der Waals surface area contributed by atoms with Gasteiger partial charge in [-0.2, -0.15) is 5.10 Å². The molecule has 4 nitrogen and oxygen atoms in total. The Balaban J connectivity index is 1.98. The maximum atomic E-state index is 13.4. The van der Waals surface area contributed by atoms with Crippen LogP contribution in [0.5, 0.6) is 5.75 Å². The number of rotatable bonds is 2. The minimum absolute atomic E-state index is 0.144. The minimum Gasteiger partial charge on any atom is -0.485 e. The van der Waals surface area contributed by atoms with Crippen molar-refractivity contribution in [2.45, 2.75) is 31.9 Å². The molecule has 0 saturated heterocycles. The molecule has 0 fully saturated rings. The van der Waals surface area contributed by atoms with Crippen LogP contribution in [0.4, 0.5) is 4.39 Å². The van der Waals surface area contributed by atoms with E-state index in [1.807, 2.05) is 13.2 Å². The molecule has 0 spiro atoms. The van der Waals surface area contributed by atoms with E-state index in [4.69, 9.17) is 10.5 Å². The third-order valence-corrected chi connectivity index (χ3v) is 3.73. The summed E-state index contributed by atoms with van der Waals surface area (Å²) in [5, 5.41) is 4.42. The normalized spacial score (nSPS) is 21.4. The Bertz CT molecular complexity index is 638. The van der Waals surface area contributed by atoms with Crippen LogP contribution in [-0.2, 0) is 13.5 Å². The van der Waals surface area contributed by atoms with Crippen molar-refractivity contribution in [2.75, 3.05) is 0 Å². The number of ether oxygens (including phenoxy) is 1. The molecule has 0 radical (unpaired) electrons. The average molecular weight is 275 g/mol. The molecule has 3 rings (SSSR count). The summed E-state index contributed by atoms with van der Waals surface area (Å²) in [6.07, 6.45) is 3.31. The lowest BCUT2D eigenvalue weighted by Gasteiger charge is -2.30. The number of nitrogens with zero attached hydrogens (tertiary/aromatic N) is 2. The largest absolute Gasteiger partial charge is 0.485 e. The van der Waals surface area contributed by atoms with Crippen LogP contribution in [0.1, 0.15) is 42.3 Å². The van der Waals surface area contributed by atoms with Crippen molar-refractivity contribution in [3.63, 3.8) is 0 Å². The highest BCUT2D eigenvalue weighted by Gasteiger charge is 2.29. The van der Waals surface area contributed by atoms with E-state index in [1.165, 1.54) is 12.1 Å². The lowest BCUT2D eigenvalue weighted by Crippen LogP contribution is -2.24. The third-order valence-electron chi connectivity index (χ3n) is 3.73. The van der Waals surface area contributed by atoms with Gasteiger partial charge in [0.25, 0.3) is 0 Å². The van der Waals surface area contributed by atoms with E-state index < -0.39 is 0 Å². The van der Waals surface area contributed by atoms with Crippen molar-refractivity contribution in [2.24, 2.45) is 12.8 Å². The van der Waals surface area contributed by atoms with Gasteiger partial charge in [-0.15, -0.1) is 0 Å². The van der Waals surface area contributed by atoms with Crippen molar-refractivity contribution in [3.05, 3.63) is 47.0 Å². The Kier molecular flexibility index (Phi) is 3.22. The van der Waals surface area contributed by atoms with Gasteiger partial charge in [-0.3, -0.25) is 4.68 Å². The number of hydrogen-bond donors (Lipinski definition) is 1. The lowest BCUT2D eigenvalue weighted by atomic mass is 9.93. The predicted molar refractivity (Wildman–Crippen MR) is 73.9 cm³/mol. The lowest BCUT2D eigenvalue weighted by molar-refractivity contribution is 0.160. The third kappa shape index (κ3) is 2.18. The molecule has 2 heterocycles. The van der Waals surface area contributed by atoms with Gasteiger partial charge in [0.2, 0.25) is 0 Å². The summed E-state index contributed by atoms with van der Waals surface area (Å²) in [5.41, 5.74) is 9.10. The summed E-state index contributed by atoms with van der Waals surface area (Å²) in [6.45, 7) is 2.06. The van der Waals surface area contributed by atoms with E-state index in [-0.39, 0.29) is 18.0 Å². The van der Waals surface area contributed by atoms with E-state index in [0.717, 1.165) is 23.2 Å². The molecular formula is C15H18FN3O. The van der Waals surface area contributed by atoms with Crippen LogP contribution in [0.2, 0.25) is 0 Å². The van der Waals surface area contributed by atoms with Gasteiger partial charge in [0.1, 0.15) is 17.7 Å². The van der Waals surface area contributed by atoms with Crippen LogP contribution in [0, 0.1) is 5.82 Å². The molecule has 0 aliphatic carbocycles. The smallest absolute Gasteiger partial charge is 0.129 e. The number of aromatic nitrogens is 2. The monoisotopic (exact) mass is 275 g/mol. The zero-order valence-electron chi connectivity index (χ0n) is 11.6. The first-order valence-corrected chi connectivity index (χ1v) is 6.82. The molecule has 1 aromatic carbocycles. The number of nitrogens with two attached hydrogens (primary N) is 1. The molecular weight excluding hydrogens is 257 g/mol. The van der Waals surface area contributed by atoms with Gasteiger partial charge in [0, 0.05) is 42.9 Å². The van der Waals surface area contributed by atoms with Crippen molar-refractivity contribution in [1.82, 2.24) is 9.78 Å². The Labute approximate surface area is 117 Å². The zero-order valence-corrected chi connectivity index (χ0v) is 11.6. The molecule has 1 aliphatic heterocycles. The highest BCUT2D eigenvalue weighted by molar-refractivity contribution is 5.39. The Hall–Kier alpha value is -1.88. The van der Waals surface area contributed by atoms with Gasteiger partial charge in [-0.05, 0) is 12.5 Å². The Morgan fingerprint density at radius 3 is 3.00 bits per heavy atom. The van der Waals surface area contributed by atoms with E-state index in [9.17, 15) is 4.39 Å². The van der Waals surface area contributed by atoms with Gasteiger partial charge in [-0.25, -0.2) is 4.39 Å². The first kappa shape index (κ1) is 13.1. The maximum Gasteiger partial charge on any atom is 0.129 e. The van der Waals surface area contributed by atoms with Crippen LogP contribution in [0.25, 0.3) is 0 Å². The maximum absolute atomic E-state index is 13.4. The Morgan fingerprint density at radius 1 is 1.45 bits per heavy atom. The van der Waals surface area contributed by atoms with E-state index >= 15 is 0 Å². The summed E-state index contributed by atoms with van der Waals surface area (Å²) in [6, 6.07) is 4.39. The van der Waals surface area contributed by atoms with Crippen molar-refractivity contribution < 1.29 is 9.13 Å². The predicted octanol–water partition coefficient (Wildman–Crippen LogP) is 2.65. The van der Waals surface area contributed by atoms with Crippen LogP contribution in [0.3, 0.4) is 0 Å². The highest BCUT2D eigenvalue weighted by atomic mass is 19.1. The molecule has 0 bridgehead atoms. The molecule has 2 aromatic rings. The first-order valence-electron chi connectivity index (χ1n) is 6.82. The fourth-order valence-corrected chi connectivity index (χ4v) is 2.76. The van der Waals surface area contributed by atoms with Gasteiger partial charge in [0.15, 0.2) is 0 Å². The van der Waals surface area contributed by atoms with Gasteiger partial charge >= 0.3 is 0 Å². The molecule has 1 aliphatic rings. The second-order valence-electron chi connectivity index (χ2n) is 5.19. The SMILES string of the molecule is CCc1nn(C)cc1C1C[C@@H](N)c2ccc(F)cc2O1. The van der Waals surface area contributed by atoms with Crippen LogP contribution >= 0.6 is 0 Å². The molecule has 20 heavy (non-hydrogen) atoms.